The quantitative estimate of drug-likeness (QED) is 0.894. The number of aryl methyl sites for hydroxylation is 2. The van der Waals surface area contributed by atoms with Gasteiger partial charge in [0.25, 0.3) is 0 Å². The highest BCUT2D eigenvalue weighted by molar-refractivity contribution is 5.42. The molecule has 1 aromatic carbocycles. The van der Waals surface area contributed by atoms with Crippen molar-refractivity contribution in [3.63, 3.8) is 0 Å². The molecule has 3 heteroatoms. The normalized spacial score (nSPS) is 11.2. The Kier molecular flexibility index (Phi) is 3.82. The van der Waals surface area contributed by atoms with Gasteiger partial charge in [0, 0.05) is 18.8 Å². The topological polar surface area (TPSA) is 29.9 Å². The lowest BCUT2D eigenvalue weighted by molar-refractivity contribution is 0.588. The van der Waals surface area contributed by atoms with Crippen LogP contribution in [0.4, 0.5) is 0 Å². The van der Waals surface area contributed by atoms with Gasteiger partial charge in [-0.05, 0) is 36.6 Å². The van der Waals surface area contributed by atoms with Gasteiger partial charge < -0.3 is 5.32 Å². The third-order valence-electron chi connectivity index (χ3n) is 2.93. The average molecular weight is 243 g/mol. The van der Waals surface area contributed by atoms with Crippen molar-refractivity contribution in [2.45, 2.75) is 40.3 Å². The minimum atomic E-state index is 0.513. The highest BCUT2D eigenvalue weighted by Gasteiger charge is 2.04. The fourth-order valence-electron chi connectivity index (χ4n) is 1.95. The Bertz CT molecular complexity index is 526. The molecule has 0 spiro atoms. The molecule has 0 atom stereocenters. The van der Waals surface area contributed by atoms with E-state index in [1.54, 1.807) is 0 Å². The van der Waals surface area contributed by atoms with E-state index in [4.69, 9.17) is 0 Å². The number of nitrogens with zero attached hydrogens (tertiary/aromatic N) is 2. The zero-order valence-electron chi connectivity index (χ0n) is 11.6. The predicted octanol–water partition coefficient (Wildman–Crippen LogP) is 2.99. The van der Waals surface area contributed by atoms with E-state index >= 15 is 0 Å². The van der Waals surface area contributed by atoms with E-state index in [1.807, 2.05) is 17.1 Å². The van der Waals surface area contributed by atoms with Gasteiger partial charge in [-0.2, -0.15) is 5.10 Å². The van der Waals surface area contributed by atoms with Crippen LogP contribution in [0.25, 0.3) is 5.69 Å². The van der Waals surface area contributed by atoms with Crippen LogP contribution in [0.5, 0.6) is 0 Å². The molecule has 0 aliphatic carbocycles. The molecule has 0 saturated carbocycles. The van der Waals surface area contributed by atoms with Crippen LogP contribution < -0.4 is 5.32 Å². The van der Waals surface area contributed by atoms with Gasteiger partial charge in [0.2, 0.25) is 0 Å². The Morgan fingerprint density at radius 3 is 2.61 bits per heavy atom. The summed E-state index contributed by atoms with van der Waals surface area (Å²) in [4.78, 5) is 0. The van der Waals surface area contributed by atoms with Crippen molar-refractivity contribution in [3.8, 4) is 5.69 Å². The number of rotatable bonds is 4. The number of hydrogen-bond acceptors (Lipinski definition) is 2. The zero-order chi connectivity index (χ0) is 13.1. The number of benzene rings is 1. The standard InChI is InChI=1S/C15H21N3/c1-11(2)16-9-14-5-6-15(13(4)7-14)18-10-12(3)8-17-18/h5-8,10-11,16H,9H2,1-4H3. The van der Waals surface area contributed by atoms with Gasteiger partial charge in [-0.1, -0.05) is 26.0 Å². The van der Waals surface area contributed by atoms with Crippen LogP contribution in [-0.2, 0) is 6.54 Å². The second kappa shape index (κ2) is 5.36. The molecule has 1 aromatic heterocycles. The molecule has 1 heterocycles. The Labute approximate surface area is 109 Å². The molecule has 1 N–H and O–H groups in total. The molecule has 18 heavy (non-hydrogen) atoms. The minimum Gasteiger partial charge on any atom is -0.310 e. The summed E-state index contributed by atoms with van der Waals surface area (Å²) in [6.07, 6.45) is 3.93. The molecule has 0 radical (unpaired) electrons. The summed E-state index contributed by atoms with van der Waals surface area (Å²) >= 11 is 0. The Balaban J connectivity index is 2.20. The Morgan fingerprint density at radius 2 is 2.06 bits per heavy atom. The van der Waals surface area contributed by atoms with Crippen molar-refractivity contribution in [1.82, 2.24) is 15.1 Å². The monoisotopic (exact) mass is 243 g/mol. The predicted molar refractivity (Wildman–Crippen MR) is 75.0 cm³/mol. The fourth-order valence-corrected chi connectivity index (χ4v) is 1.95. The van der Waals surface area contributed by atoms with E-state index in [9.17, 15) is 0 Å². The lowest BCUT2D eigenvalue weighted by atomic mass is 10.1. The first-order valence-electron chi connectivity index (χ1n) is 6.41. The van der Waals surface area contributed by atoms with Gasteiger partial charge in [-0.25, -0.2) is 4.68 Å². The molecule has 0 bridgehead atoms. The second-order valence-electron chi connectivity index (χ2n) is 5.12. The first-order valence-corrected chi connectivity index (χ1v) is 6.41. The molecule has 2 aromatic rings. The van der Waals surface area contributed by atoms with Crippen LogP contribution >= 0.6 is 0 Å². The first-order chi connectivity index (χ1) is 8.56. The molecule has 3 nitrogen and oxygen atoms in total. The van der Waals surface area contributed by atoms with Gasteiger partial charge in [-0.3, -0.25) is 0 Å². The maximum absolute atomic E-state index is 4.35. The van der Waals surface area contributed by atoms with Crippen LogP contribution in [0.15, 0.2) is 30.6 Å². The minimum absolute atomic E-state index is 0.513. The molecule has 0 aliphatic heterocycles. The number of nitrogens with one attached hydrogen (secondary N) is 1. The third kappa shape index (κ3) is 2.99. The first kappa shape index (κ1) is 12.8. The number of aromatic nitrogens is 2. The molecule has 0 amide bonds. The lowest BCUT2D eigenvalue weighted by Gasteiger charge is -2.11. The van der Waals surface area contributed by atoms with Crippen LogP contribution in [-0.4, -0.2) is 15.8 Å². The maximum atomic E-state index is 4.35. The maximum Gasteiger partial charge on any atom is 0.0675 e. The smallest absolute Gasteiger partial charge is 0.0675 e. The van der Waals surface area contributed by atoms with Gasteiger partial charge in [-0.15, -0.1) is 0 Å². The highest BCUT2D eigenvalue weighted by Crippen LogP contribution is 2.15. The van der Waals surface area contributed by atoms with Crippen LogP contribution in [0.1, 0.15) is 30.5 Å². The summed E-state index contributed by atoms with van der Waals surface area (Å²) < 4.78 is 1.93. The molecule has 0 fully saturated rings. The summed E-state index contributed by atoms with van der Waals surface area (Å²) in [5.74, 6) is 0. The van der Waals surface area contributed by atoms with Crippen LogP contribution in [0.2, 0.25) is 0 Å². The van der Waals surface area contributed by atoms with E-state index in [-0.39, 0.29) is 0 Å². The summed E-state index contributed by atoms with van der Waals surface area (Å²) in [5, 5.41) is 7.78. The second-order valence-corrected chi connectivity index (χ2v) is 5.12. The van der Waals surface area contributed by atoms with Crippen molar-refractivity contribution in [3.05, 3.63) is 47.3 Å². The molecule has 2 rings (SSSR count). The van der Waals surface area contributed by atoms with E-state index < -0.39 is 0 Å². The van der Waals surface area contributed by atoms with Crippen molar-refractivity contribution in [2.24, 2.45) is 0 Å². The van der Waals surface area contributed by atoms with Gasteiger partial charge >= 0.3 is 0 Å². The summed E-state index contributed by atoms with van der Waals surface area (Å²) in [5.41, 5.74) is 4.89. The van der Waals surface area contributed by atoms with Crippen LogP contribution in [0.3, 0.4) is 0 Å². The Hall–Kier alpha value is -1.61. The van der Waals surface area contributed by atoms with Gasteiger partial charge in [0.1, 0.15) is 0 Å². The Morgan fingerprint density at radius 1 is 1.28 bits per heavy atom. The molecular weight excluding hydrogens is 222 g/mol. The van der Waals surface area contributed by atoms with Crippen molar-refractivity contribution in [2.75, 3.05) is 0 Å². The average Bonchev–Trinajstić information content (AvgIpc) is 2.73. The van der Waals surface area contributed by atoms with Gasteiger partial charge in [0.05, 0.1) is 11.9 Å². The molecule has 96 valence electrons. The van der Waals surface area contributed by atoms with Crippen molar-refractivity contribution < 1.29 is 0 Å². The van der Waals surface area contributed by atoms with Crippen molar-refractivity contribution >= 4 is 0 Å². The summed E-state index contributed by atoms with van der Waals surface area (Å²) in [6.45, 7) is 9.42. The van der Waals surface area contributed by atoms with Crippen LogP contribution in [0, 0.1) is 13.8 Å². The van der Waals surface area contributed by atoms with Crippen molar-refractivity contribution in [1.29, 1.82) is 0 Å². The van der Waals surface area contributed by atoms with E-state index in [1.165, 1.54) is 16.7 Å². The summed E-state index contributed by atoms with van der Waals surface area (Å²) in [7, 11) is 0. The molecule has 0 saturated heterocycles. The highest BCUT2D eigenvalue weighted by atomic mass is 15.3. The van der Waals surface area contributed by atoms with Gasteiger partial charge in [0.15, 0.2) is 0 Å². The van der Waals surface area contributed by atoms with E-state index in [0.29, 0.717) is 6.04 Å². The molecule has 0 unspecified atom stereocenters. The SMILES string of the molecule is Cc1cnn(-c2ccc(CNC(C)C)cc2C)c1. The largest absolute Gasteiger partial charge is 0.310 e. The third-order valence-corrected chi connectivity index (χ3v) is 2.93. The molecular formula is C15H21N3. The summed E-state index contributed by atoms with van der Waals surface area (Å²) in [6, 6.07) is 7.04. The number of hydrogen-bond donors (Lipinski definition) is 1. The van der Waals surface area contributed by atoms with E-state index in [0.717, 1.165) is 12.2 Å². The lowest BCUT2D eigenvalue weighted by Crippen LogP contribution is -2.21. The zero-order valence-corrected chi connectivity index (χ0v) is 11.6. The van der Waals surface area contributed by atoms with E-state index in [2.05, 4.69) is 56.3 Å². The fraction of sp³-hybridized carbons (Fsp3) is 0.400. The molecule has 0 aliphatic rings.